The topological polar surface area (TPSA) is 81.0 Å². The second-order valence-electron chi connectivity index (χ2n) is 6.44. The Balaban J connectivity index is 1.63. The summed E-state index contributed by atoms with van der Waals surface area (Å²) in [6.45, 7) is 1.07. The van der Waals surface area contributed by atoms with Gasteiger partial charge < -0.3 is 4.90 Å². The molecule has 2 aromatic rings. The number of halogens is 3. The maximum Gasteiger partial charge on any atom is 0.416 e. The van der Waals surface area contributed by atoms with Crippen LogP contribution in [-0.2, 0) is 17.5 Å². The summed E-state index contributed by atoms with van der Waals surface area (Å²) >= 11 is 0. The molecule has 0 unspecified atom stereocenters. The van der Waals surface area contributed by atoms with Crippen molar-refractivity contribution >= 4 is 11.7 Å². The minimum Gasteiger partial charge on any atom is -0.342 e. The number of alkyl halides is 3. The number of hydrogen-bond donors (Lipinski definition) is 0. The van der Waals surface area contributed by atoms with Gasteiger partial charge in [-0.25, -0.2) is 4.68 Å². The Bertz CT molecular complexity index is 807. The second-order valence-corrected chi connectivity index (χ2v) is 6.44. The van der Waals surface area contributed by atoms with Crippen LogP contribution in [0.25, 0.3) is 0 Å². The summed E-state index contributed by atoms with van der Waals surface area (Å²) in [6, 6.07) is 4.43. The summed E-state index contributed by atoms with van der Waals surface area (Å²) in [6.07, 6.45) is -1.72. The van der Waals surface area contributed by atoms with E-state index in [0.717, 1.165) is 12.1 Å². The van der Waals surface area contributed by atoms with E-state index in [4.69, 9.17) is 0 Å². The number of aromatic nitrogens is 4. The van der Waals surface area contributed by atoms with Gasteiger partial charge in [-0.3, -0.25) is 9.59 Å². The first-order valence-corrected chi connectivity index (χ1v) is 8.54. The van der Waals surface area contributed by atoms with Crippen LogP contribution in [-0.4, -0.2) is 49.9 Å². The van der Waals surface area contributed by atoms with Gasteiger partial charge in [0, 0.05) is 31.0 Å². The standard InChI is InChI=1S/C17H18F3N5O2/c18-17(19,20)14-5-1-3-12(9-14)16(27)13-4-2-7-24(10-13)15(26)6-8-25-11-21-22-23-25/h1,3,5,9,11,13H,2,4,6-8,10H2/t13-/m1/s1. The highest BCUT2D eigenvalue weighted by Crippen LogP contribution is 2.30. The molecule has 1 aromatic heterocycles. The summed E-state index contributed by atoms with van der Waals surface area (Å²) in [4.78, 5) is 26.6. The Morgan fingerprint density at radius 2 is 2.07 bits per heavy atom. The molecular formula is C17H18F3N5O2. The molecule has 1 fully saturated rings. The van der Waals surface area contributed by atoms with E-state index >= 15 is 0 Å². The predicted molar refractivity (Wildman–Crippen MR) is 87.5 cm³/mol. The van der Waals surface area contributed by atoms with Crippen LogP contribution in [0.15, 0.2) is 30.6 Å². The number of benzene rings is 1. The summed E-state index contributed by atoms with van der Waals surface area (Å²) in [5, 5.41) is 10.7. The third kappa shape index (κ3) is 4.69. The number of tetrazole rings is 1. The van der Waals surface area contributed by atoms with Gasteiger partial charge in [-0.15, -0.1) is 5.10 Å². The zero-order valence-corrected chi connectivity index (χ0v) is 14.4. The van der Waals surface area contributed by atoms with Crippen molar-refractivity contribution in [2.45, 2.75) is 32.0 Å². The quantitative estimate of drug-likeness (QED) is 0.742. The Morgan fingerprint density at radius 3 is 2.78 bits per heavy atom. The number of rotatable bonds is 5. The van der Waals surface area contributed by atoms with Crippen LogP contribution in [0, 0.1) is 5.92 Å². The van der Waals surface area contributed by atoms with Gasteiger partial charge in [0.25, 0.3) is 0 Å². The van der Waals surface area contributed by atoms with Crippen molar-refractivity contribution in [3.63, 3.8) is 0 Å². The predicted octanol–water partition coefficient (Wildman–Crippen LogP) is 2.20. The maximum atomic E-state index is 12.9. The van der Waals surface area contributed by atoms with Crippen LogP contribution in [0.5, 0.6) is 0 Å². The first kappa shape index (κ1) is 19.0. The highest BCUT2D eigenvalue weighted by molar-refractivity contribution is 5.98. The molecule has 0 aliphatic carbocycles. The Morgan fingerprint density at radius 1 is 1.26 bits per heavy atom. The van der Waals surface area contributed by atoms with E-state index in [-0.39, 0.29) is 30.2 Å². The molecule has 1 aliphatic heterocycles. The lowest BCUT2D eigenvalue weighted by atomic mass is 9.89. The Labute approximate surface area is 153 Å². The minimum absolute atomic E-state index is 0.0258. The molecule has 1 amide bonds. The SMILES string of the molecule is O=C(c1cccc(C(F)(F)F)c1)[C@@H]1CCCN(C(=O)CCn2cnnn2)C1. The lowest BCUT2D eigenvalue weighted by molar-refractivity contribution is -0.137. The van der Waals surface area contributed by atoms with Gasteiger partial charge in [0.2, 0.25) is 5.91 Å². The van der Waals surface area contributed by atoms with E-state index in [1.807, 2.05) is 0 Å². The fourth-order valence-corrected chi connectivity index (χ4v) is 3.15. The third-order valence-corrected chi connectivity index (χ3v) is 4.57. The van der Waals surface area contributed by atoms with Crippen LogP contribution >= 0.6 is 0 Å². The minimum atomic E-state index is -4.50. The van der Waals surface area contributed by atoms with Crippen LogP contribution in [0.3, 0.4) is 0 Å². The summed E-state index contributed by atoms with van der Waals surface area (Å²) in [5.41, 5.74) is -0.823. The number of carbonyl (C=O) groups excluding carboxylic acids is 2. The van der Waals surface area contributed by atoms with E-state index in [1.54, 1.807) is 4.90 Å². The van der Waals surface area contributed by atoms with Gasteiger partial charge in [-0.2, -0.15) is 13.2 Å². The second kappa shape index (κ2) is 7.85. The lowest BCUT2D eigenvalue weighted by Gasteiger charge is -2.32. The number of hydrogen-bond acceptors (Lipinski definition) is 5. The molecule has 3 rings (SSSR count). The number of carbonyl (C=O) groups is 2. The highest BCUT2D eigenvalue weighted by atomic mass is 19.4. The number of ketones is 1. The molecule has 27 heavy (non-hydrogen) atoms. The van der Waals surface area contributed by atoms with E-state index in [0.29, 0.717) is 25.9 Å². The molecule has 0 radical (unpaired) electrons. The van der Waals surface area contributed by atoms with E-state index in [9.17, 15) is 22.8 Å². The van der Waals surface area contributed by atoms with Crippen molar-refractivity contribution in [2.75, 3.05) is 13.1 Å². The molecular weight excluding hydrogens is 363 g/mol. The molecule has 1 aromatic carbocycles. The number of nitrogens with zero attached hydrogens (tertiary/aromatic N) is 5. The van der Waals surface area contributed by atoms with E-state index in [2.05, 4.69) is 15.5 Å². The van der Waals surface area contributed by atoms with Gasteiger partial charge in [0.15, 0.2) is 5.78 Å². The number of amides is 1. The lowest BCUT2D eigenvalue weighted by Crippen LogP contribution is -2.42. The Hall–Kier alpha value is -2.78. The number of likely N-dealkylation sites (tertiary alicyclic amines) is 1. The third-order valence-electron chi connectivity index (χ3n) is 4.57. The smallest absolute Gasteiger partial charge is 0.342 e. The van der Waals surface area contributed by atoms with Gasteiger partial charge in [0.1, 0.15) is 6.33 Å². The molecule has 0 spiro atoms. The molecule has 0 saturated carbocycles. The van der Waals surface area contributed by atoms with E-state index in [1.165, 1.54) is 23.1 Å². The highest BCUT2D eigenvalue weighted by Gasteiger charge is 2.33. The molecule has 2 heterocycles. The molecule has 0 N–H and O–H groups in total. The Kier molecular flexibility index (Phi) is 5.52. The van der Waals surface area contributed by atoms with Gasteiger partial charge in [-0.1, -0.05) is 12.1 Å². The first-order valence-electron chi connectivity index (χ1n) is 8.54. The molecule has 0 bridgehead atoms. The molecule has 1 atom stereocenters. The fourth-order valence-electron chi connectivity index (χ4n) is 3.15. The number of piperidine rings is 1. The zero-order chi connectivity index (χ0) is 19.4. The van der Waals surface area contributed by atoms with Crippen molar-refractivity contribution in [3.05, 3.63) is 41.7 Å². The molecule has 1 saturated heterocycles. The summed E-state index contributed by atoms with van der Waals surface area (Å²) < 4.78 is 40.0. The van der Waals surface area contributed by atoms with Crippen LogP contribution in [0.4, 0.5) is 13.2 Å². The van der Waals surface area contributed by atoms with Crippen molar-refractivity contribution < 1.29 is 22.8 Å². The normalized spacial score (nSPS) is 17.7. The maximum absolute atomic E-state index is 12.9. The van der Waals surface area contributed by atoms with Crippen molar-refractivity contribution in [3.8, 4) is 0 Å². The van der Waals surface area contributed by atoms with Crippen LogP contribution < -0.4 is 0 Å². The number of aryl methyl sites for hydroxylation is 1. The average molecular weight is 381 g/mol. The van der Waals surface area contributed by atoms with Crippen molar-refractivity contribution in [2.24, 2.45) is 5.92 Å². The van der Waals surface area contributed by atoms with Crippen molar-refractivity contribution in [1.82, 2.24) is 25.1 Å². The summed E-state index contributed by atoms with van der Waals surface area (Å²) in [5.74, 6) is -0.995. The van der Waals surface area contributed by atoms with Crippen LogP contribution in [0.1, 0.15) is 35.2 Å². The number of Topliss-reactive ketones (excluding diaryl/α,β-unsaturated/α-hetero) is 1. The van der Waals surface area contributed by atoms with Crippen LogP contribution in [0.2, 0.25) is 0 Å². The molecule has 7 nitrogen and oxygen atoms in total. The first-order chi connectivity index (χ1) is 12.8. The average Bonchev–Trinajstić information content (AvgIpc) is 3.18. The van der Waals surface area contributed by atoms with Gasteiger partial charge >= 0.3 is 6.18 Å². The zero-order valence-electron chi connectivity index (χ0n) is 14.4. The molecule has 1 aliphatic rings. The van der Waals surface area contributed by atoms with E-state index < -0.39 is 17.7 Å². The summed E-state index contributed by atoms with van der Waals surface area (Å²) in [7, 11) is 0. The monoisotopic (exact) mass is 381 g/mol. The molecule has 10 heteroatoms. The van der Waals surface area contributed by atoms with Gasteiger partial charge in [0.05, 0.1) is 12.1 Å². The molecule has 144 valence electrons. The fraction of sp³-hybridized carbons (Fsp3) is 0.471. The van der Waals surface area contributed by atoms with Crippen molar-refractivity contribution in [1.29, 1.82) is 0 Å². The largest absolute Gasteiger partial charge is 0.416 e. The van der Waals surface area contributed by atoms with Gasteiger partial charge in [-0.05, 0) is 35.4 Å².